The Hall–Kier alpha value is -3.16. The van der Waals surface area contributed by atoms with Crippen LogP contribution in [0.15, 0.2) is 30.3 Å². The lowest BCUT2D eigenvalue weighted by Gasteiger charge is -2.25. The van der Waals surface area contributed by atoms with Gasteiger partial charge in [0.15, 0.2) is 11.4 Å². The molecule has 2 aromatic heterocycles. The van der Waals surface area contributed by atoms with Gasteiger partial charge in [0.25, 0.3) is 0 Å². The number of carbonyl (C=O) groups is 1. The summed E-state index contributed by atoms with van der Waals surface area (Å²) in [5.41, 5.74) is 2.23. The highest BCUT2D eigenvalue weighted by atomic mass is 32.1. The normalized spacial score (nSPS) is 16.3. The van der Waals surface area contributed by atoms with E-state index in [2.05, 4.69) is 20.2 Å². The molecule has 0 saturated carbocycles. The molecular formula is C25H32N6O5S. The summed E-state index contributed by atoms with van der Waals surface area (Å²) < 4.78 is 5.31. The first-order valence-corrected chi connectivity index (χ1v) is 13.0. The number of carboxylic acids is 1. The Balaban J connectivity index is 1.67. The van der Waals surface area contributed by atoms with E-state index in [1.807, 2.05) is 17.9 Å². The van der Waals surface area contributed by atoms with Crippen LogP contribution < -0.4 is 10.2 Å². The van der Waals surface area contributed by atoms with Crippen molar-refractivity contribution in [2.24, 2.45) is 0 Å². The Morgan fingerprint density at radius 2 is 1.89 bits per heavy atom. The van der Waals surface area contributed by atoms with E-state index in [1.54, 1.807) is 38.1 Å². The van der Waals surface area contributed by atoms with Crippen LogP contribution >= 0.6 is 11.3 Å². The number of rotatable bonds is 9. The van der Waals surface area contributed by atoms with Crippen molar-refractivity contribution in [3.05, 3.63) is 46.5 Å². The summed E-state index contributed by atoms with van der Waals surface area (Å²) in [7, 11) is 0. The lowest BCUT2D eigenvalue weighted by molar-refractivity contribution is -0.0959. The number of hydrogen-bond acceptors (Lipinski definition) is 11. The van der Waals surface area contributed by atoms with Gasteiger partial charge in [-0.2, -0.15) is 4.98 Å². The maximum atomic E-state index is 11.3. The van der Waals surface area contributed by atoms with Crippen molar-refractivity contribution < 1.29 is 24.9 Å². The van der Waals surface area contributed by atoms with Crippen LogP contribution in [0.5, 0.6) is 0 Å². The minimum absolute atomic E-state index is 0.195. The second-order valence-corrected chi connectivity index (χ2v) is 9.76. The van der Waals surface area contributed by atoms with E-state index in [9.17, 15) is 20.1 Å². The zero-order chi connectivity index (χ0) is 26.5. The van der Waals surface area contributed by atoms with Crippen LogP contribution in [0.2, 0.25) is 0 Å². The maximum Gasteiger partial charge on any atom is 0.335 e. The minimum Gasteiger partial charge on any atom is -0.478 e. The molecular weight excluding hydrogens is 496 g/mol. The Bertz CT molecular complexity index is 1220. The van der Waals surface area contributed by atoms with E-state index >= 15 is 0 Å². The number of aromatic carboxylic acids is 1. The van der Waals surface area contributed by atoms with Gasteiger partial charge in [0, 0.05) is 44.4 Å². The number of hydrogen-bond donors (Lipinski definition) is 4. The van der Waals surface area contributed by atoms with Crippen molar-refractivity contribution in [3.8, 4) is 11.3 Å². The molecule has 198 valence electrons. The fourth-order valence-electron chi connectivity index (χ4n) is 4.14. The SMILES string of the molecule is CCOC(O)c1sc(Nc2nc(-c3ccc(C(=O)O)cc3)cc(N3CCCN(C(C)O)CC3)n2)nc1C. The number of benzene rings is 1. The molecule has 1 saturated heterocycles. The number of aliphatic hydroxyl groups excluding tert-OH is 2. The van der Waals surface area contributed by atoms with Crippen LogP contribution in [0.25, 0.3) is 11.3 Å². The summed E-state index contributed by atoms with van der Waals surface area (Å²) in [6, 6.07) is 8.42. The number of nitrogens with one attached hydrogen (secondary N) is 1. The third-order valence-electron chi connectivity index (χ3n) is 6.12. The van der Waals surface area contributed by atoms with Crippen molar-refractivity contribution in [1.29, 1.82) is 0 Å². The van der Waals surface area contributed by atoms with Crippen molar-refractivity contribution in [2.45, 2.75) is 39.7 Å². The van der Waals surface area contributed by atoms with Gasteiger partial charge in [0.05, 0.1) is 21.8 Å². The third-order valence-corrected chi connectivity index (χ3v) is 7.23. The lowest BCUT2D eigenvalue weighted by Crippen LogP contribution is -2.36. The molecule has 12 heteroatoms. The Labute approximate surface area is 219 Å². The standard InChI is InChI=1S/C25H32N6O5S/c1-4-36-23(35)21-15(2)26-25(37-21)29-24-27-19(17-6-8-18(9-7-17)22(33)34)14-20(28-24)31-11-5-10-30(12-13-31)16(3)32/h6-9,14,16,23,32,35H,4-5,10-13H2,1-3H3,(H,33,34)(H,26,27,28,29). The Kier molecular flexibility index (Phi) is 8.67. The van der Waals surface area contributed by atoms with Gasteiger partial charge in [-0.25, -0.2) is 14.8 Å². The molecule has 0 radical (unpaired) electrons. The number of thiazole rings is 1. The van der Waals surface area contributed by atoms with Crippen LogP contribution in [-0.4, -0.2) is 80.2 Å². The highest BCUT2D eigenvalue weighted by Crippen LogP contribution is 2.32. The van der Waals surface area contributed by atoms with E-state index in [0.717, 1.165) is 25.1 Å². The van der Waals surface area contributed by atoms with Crippen molar-refractivity contribution >= 4 is 34.2 Å². The zero-order valence-corrected chi connectivity index (χ0v) is 21.9. The molecule has 3 heterocycles. The number of anilines is 3. The van der Waals surface area contributed by atoms with Gasteiger partial charge in [0.2, 0.25) is 5.95 Å². The zero-order valence-electron chi connectivity index (χ0n) is 21.1. The van der Waals surface area contributed by atoms with Crippen molar-refractivity contribution in [3.63, 3.8) is 0 Å². The molecule has 37 heavy (non-hydrogen) atoms. The molecule has 0 bridgehead atoms. The van der Waals surface area contributed by atoms with Crippen LogP contribution in [0.1, 0.15) is 47.5 Å². The molecule has 11 nitrogen and oxygen atoms in total. The first kappa shape index (κ1) is 26.9. The van der Waals surface area contributed by atoms with Crippen molar-refractivity contribution in [1.82, 2.24) is 19.9 Å². The molecule has 1 aliphatic rings. The summed E-state index contributed by atoms with van der Waals surface area (Å²) in [6.07, 6.45) is -0.701. The predicted molar refractivity (Wildman–Crippen MR) is 141 cm³/mol. The second-order valence-electron chi connectivity index (χ2n) is 8.73. The molecule has 0 aliphatic carbocycles. The van der Waals surface area contributed by atoms with Gasteiger partial charge >= 0.3 is 5.97 Å². The van der Waals surface area contributed by atoms with E-state index < -0.39 is 18.5 Å². The topological polar surface area (TPSA) is 144 Å². The Morgan fingerprint density at radius 1 is 1.14 bits per heavy atom. The lowest BCUT2D eigenvalue weighted by atomic mass is 10.1. The Morgan fingerprint density at radius 3 is 2.57 bits per heavy atom. The summed E-state index contributed by atoms with van der Waals surface area (Å²) in [5.74, 6) is 0.0523. The average molecular weight is 529 g/mol. The molecule has 4 N–H and O–H groups in total. The molecule has 1 aliphatic heterocycles. The van der Waals surface area contributed by atoms with Crippen LogP contribution in [-0.2, 0) is 4.74 Å². The summed E-state index contributed by atoms with van der Waals surface area (Å²) >= 11 is 1.27. The molecule has 2 unspecified atom stereocenters. The average Bonchev–Trinajstić information content (AvgIpc) is 3.07. The highest BCUT2D eigenvalue weighted by molar-refractivity contribution is 7.15. The number of aromatic nitrogens is 3. The van der Waals surface area contributed by atoms with E-state index in [0.29, 0.717) is 52.9 Å². The van der Waals surface area contributed by atoms with Gasteiger partial charge in [-0.1, -0.05) is 23.5 Å². The predicted octanol–water partition coefficient (Wildman–Crippen LogP) is 3.23. The molecule has 2 atom stereocenters. The summed E-state index contributed by atoms with van der Waals surface area (Å²) in [4.78, 5) is 30.0. The number of nitrogens with zero attached hydrogens (tertiary/aromatic N) is 5. The molecule has 3 aromatic rings. The number of carboxylic acid groups (broad SMARTS) is 1. The van der Waals surface area contributed by atoms with Crippen LogP contribution in [0.3, 0.4) is 0 Å². The highest BCUT2D eigenvalue weighted by Gasteiger charge is 2.21. The molecule has 0 spiro atoms. The fourth-order valence-corrected chi connectivity index (χ4v) is 5.04. The number of ether oxygens (including phenoxy) is 1. The third kappa shape index (κ3) is 6.59. The first-order valence-electron chi connectivity index (χ1n) is 12.2. The molecule has 0 amide bonds. The molecule has 1 fully saturated rings. The smallest absolute Gasteiger partial charge is 0.335 e. The summed E-state index contributed by atoms with van der Waals surface area (Å²) in [5, 5.41) is 33.2. The van der Waals surface area contributed by atoms with E-state index in [1.165, 1.54) is 11.3 Å². The number of aliphatic hydroxyl groups is 2. The first-order chi connectivity index (χ1) is 17.7. The van der Waals surface area contributed by atoms with E-state index in [4.69, 9.17) is 9.72 Å². The molecule has 1 aromatic carbocycles. The quantitative estimate of drug-likeness (QED) is 0.304. The largest absolute Gasteiger partial charge is 0.478 e. The monoisotopic (exact) mass is 528 g/mol. The maximum absolute atomic E-state index is 11.3. The van der Waals surface area contributed by atoms with Crippen LogP contribution in [0, 0.1) is 6.92 Å². The van der Waals surface area contributed by atoms with Crippen molar-refractivity contribution in [2.75, 3.05) is 43.0 Å². The summed E-state index contributed by atoms with van der Waals surface area (Å²) in [6.45, 7) is 8.68. The van der Waals surface area contributed by atoms with Crippen LogP contribution in [0.4, 0.5) is 16.9 Å². The van der Waals surface area contributed by atoms with Gasteiger partial charge in [-0.05, 0) is 39.3 Å². The van der Waals surface area contributed by atoms with Gasteiger partial charge in [-0.3, -0.25) is 10.2 Å². The molecule has 4 rings (SSSR count). The number of aryl methyl sites for hydroxylation is 1. The fraction of sp³-hybridized carbons (Fsp3) is 0.440. The van der Waals surface area contributed by atoms with Gasteiger partial charge < -0.3 is 25.0 Å². The van der Waals surface area contributed by atoms with E-state index in [-0.39, 0.29) is 5.56 Å². The minimum atomic E-state index is -1.05. The van der Waals surface area contributed by atoms with Gasteiger partial charge in [0.1, 0.15) is 12.0 Å². The second kappa shape index (κ2) is 11.9. The van der Waals surface area contributed by atoms with Gasteiger partial charge in [-0.15, -0.1) is 0 Å².